The quantitative estimate of drug-likeness (QED) is 0.731. The van der Waals surface area contributed by atoms with Crippen LogP contribution >= 0.6 is 22.9 Å². The number of nitrogens with zero attached hydrogens (tertiary/aromatic N) is 2. The third kappa shape index (κ3) is 3.85. The van der Waals surface area contributed by atoms with E-state index in [1.165, 1.54) is 11.3 Å². The smallest absolute Gasteiger partial charge is 0.275 e. The number of thiazole rings is 1. The highest BCUT2D eigenvalue weighted by atomic mass is 35.5. The molecule has 5 nitrogen and oxygen atoms in total. The molecule has 2 heterocycles. The summed E-state index contributed by atoms with van der Waals surface area (Å²) in [6, 6.07) is 9.06. The van der Waals surface area contributed by atoms with Crippen LogP contribution < -0.4 is 10.6 Å². The zero-order valence-corrected chi connectivity index (χ0v) is 13.8. The van der Waals surface area contributed by atoms with E-state index in [9.17, 15) is 4.79 Å². The van der Waals surface area contributed by atoms with E-state index in [2.05, 4.69) is 20.6 Å². The van der Waals surface area contributed by atoms with E-state index in [1.807, 2.05) is 25.1 Å². The van der Waals surface area contributed by atoms with Crippen molar-refractivity contribution in [2.75, 3.05) is 10.6 Å². The van der Waals surface area contributed by atoms with E-state index in [4.69, 9.17) is 11.6 Å². The maximum absolute atomic E-state index is 12.3. The van der Waals surface area contributed by atoms with E-state index >= 15 is 0 Å². The highest BCUT2D eigenvalue weighted by Crippen LogP contribution is 2.23. The minimum absolute atomic E-state index is 0.272. The van der Waals surface area contributed by atoms with Gasteiger partial charge in [0, 0.05) is 22.3 Å². The molecule has 0 fully saturated rings. The van der Waals surface area contributed by atoms with Crippen molar-refractivity contribution in [1.82, 2.24) is 9.97 Å². The zero-order chi connectivity index (χ0) is 16.2. The second-order valence-corrected chi connectivity index (χ2v) is 6.11. The van der Waals surface area contributed by atoms with Gasteiger partial charge in [-0.05, 0) is 36.8 Å². The van der Waals surface area contributed by atoms with Gasteiger partial charge in [0.15, 0.2) is 5.13 Å². The van der Waals surface area contributed by atoms with E-state index in [-0.39, 0.29) is 5.91 Å². The standard InChI is InChI=1S/C16H13ClN4OS/c1-10-4-5-11(17)7-13(10)20-15(22)14-9-23-16(21-14)19-12-3-2-6-18-8-12/h2-9H,1H3,(H,19,21)(H,20,22). The number of aromatic nitrogens is 2. The van der Waals surface area contributed by atoms with Crippen LogP contribution in [0.15, 0.2) is 48.1 Å². The maximum atomic E-state index is 12.3. The number of hydrogen-bond donors (Lipinski definition) is 2. The van der Waals surface area contributed by atoms with Crippen molar-refractivity contribution in [3.63, 3.8) is 0 Å². The molecule has 0 unspecified atom stereocenters. The molecule has 3 aromatic rings. The Hall–Kier alpha value is -2.44. The first-order valence-corrected chi connectivity index (χ1v) is 8.07. The molecule has 7 heteroatoms. The van der Waals surface area contributed by atoms with E-state index in [0.717, 1.165) is 11.3 Å². The number of pyridine rings is 1. The molecule has 0 bridgehead atoms. The molecule has 2 aromatic heterocycles. The van der Waals surface area contributed by atoms with E-state index < -0.39 is 0 Å². The lowest BCUT2D eigenvalue weighted by atomic mass is 10.2. The highest BCUT2D eigenvalue weighted by Gasteiger charge is 2.12. The Balaban J connectivity index is 1.72. The van der Waals surface area contributed by atoms with Crippen LogP contribution in [0.1, 0.15) is 16.1 Å². The third-order valence-electron chi connectivity index (χ3n) is 3.10. The first-order chi connectivity index (χ1) is 11.1. The van der Waals surface area contributed by atoms with Gasteiger partial charge in [0.2, 0.25) is 0 Å². The van der Waals surface area contributed by atoms with Gasteiger partial charge in [0.05, 0.1) is 11.9 Å². The van der Waals surface area contributed by atoms with Crippen LogP contribution in [0.2, 0.25) is 5.02 Å². The predicted octanol–water partition coefficient (Wildman–Crippen LogP) is 4.50. The Kier molecular flexibility index (Phi) is 4.55. The minimum atomic E-state index is -0.272. The van der Waals surface area contributed by atoms with Gasteiger partial charge in [-0.3, -0.25) is 9.78 Å². The number of halogens is 1. The topological polar surface area (TPSA) is 66.9 Å². The molecule has 1 amide bonds. The second-order valence-electron chi connectivity index (χ2n) is 4.82. The molecule has 0 radical (unpaired) electrons. The van der Waals surface area contributed by atoms with Gasteiger partial charge in [-0.15, -0.1) is 11.3 Å². The number of aryl methyl sites for hydroxylation is 1. The van der Waals surface area contributed by atoms with Gasteiger partial charge in [-0.1, -0.05) is 17.7 Å². The van der Waals surface area contributed by atoms with Crippen LogP contribution in [0.5, 0.6) is 0 Å². The molecular formula is C16H13ClN4OS. The largest absolute Gasteiger partial charge is 0.330 e. The molecule has 0 aliphatic heterocycles. The maximum Gasteiger partial charge on any atom is 0.275 e. The summed E-state index contributed by atoms with van der Waals surface area (Å²) < 4.78 is 0. The van der Waals surface area contributed by atoms with E-state index in [1.54, 1.807) is 29.9 Å². The van der Waals surface area contributed by atoms with Crippen molar-refractivity contribution < 1.29 is 4.79 Å². The molecular weight excluding hydrogens is 332 g/mol. The summed E-state index contributed by atoms with van der Waals surface area (Å²) >= 11 is 7.31. The fourth-order valence-corrected chi connectivity index (χ4v) is 2.79. The molecule has 2 N–H and O–H groups in total. The summed E-state index contributed by atoms with van der Waals surface area (Å²) in [5.74, 6) is -0.272. The normalized spacial score (nSPS) is 10.3. The lowest BCUT2D eigenvalue weighted by Crippen LogP contribution is -2.13. The first kappa shape index (κ1) is 15.5. The summed E-state index contributed by atoms with van der Waals surface area (Å²) in [6.45, 7) is 1.91. The second kappa shape index (κ2) is 6.76. The van der Waals surface area contributed by atoms with Crippen molar-refractivity contribution in [3.8, 4) is 0 Å². The lowest BCUT2D eigenvalue weighted by Gasteiger charge is -2.07. The van der Waals surface area contributed by atoms with Gasteiger partial charge in [0.25, 0.3) is 5.91 Å². The van der Waals surface area contributed by atoms with Gasteiger partial charge in [0.1, 0.15) is 5.69 Å². The number of hydrogen-bond acceptors (Lipinski definition) is 5. The van der Waals surface area contributed by atoms with Crippen LogP contribution in [0.3, 0.4) is 0 Å². The van der Waals surface area contributed by atoms with Crippen LogP contribution in [-0.2, 0) is 0 Å². The van der Waals surface area contributed by atoms with Crippen molar-refractivity contribution in [2.45, 2.75) is 6.92 Å². The monoisotopic (exact) mass is 344 g/mol. The minimum Gasteiger partial charge on any atom is -0.330 e. The summed E-state index contributed by atoms with van der Waals surface area (Å²) in [7, 11) is 0. The first-order valence-electron chi connectivity index (χ1n) is 6.82. The highest BCUT2D eigenvalue weighted by molar-refractivity contribution is 7.14. The molecule has 23 heavy (non-hydrogen) atoms. The Morgan fingerprint density at radius 2 is 2.17 bits per heavy atom. The molecule has 0 saturated carbocycles. The molecule has 3 rings (SSSR count). The molecule has 1 aromatic carbocycles. The summed E-state index contributed by atoms with van der Waals surface area (Å²) in [4.78, 5) is 20.6. The Morgan fingerprint density at radius 3 is 2.96 bits per heavy atom. The van der Waals surface area contributed by atoms with Crippen molar-refractivity contribution >= 4 is 45.4 Å². The Morgan fingerprint density at radius 1 is 1.30 bits per heavy atom. The number of carbonyl (C=O) groups is 1. The molecule has 0 aliphatic rings. The SMILES string of the molecule is Cc1ccc(Cl)cc1NC(=O)c1csc(Nc2cccnc2)n1. The number of carbonyl (C=O) groups excluding carboxylic acids is 1. The van der Waals surface area contributed by atoms with Crippen LogP contribution in [-0.4, -0.2) is 15.9 Å². The zero-order valence-electron chi connectivity index (χ0n) is 12.2. The number of rotatable bonds is 4. The molecule has 0 spiro atoms. The van der Waals surface area contributed by atoms with E-state index in [0.29, 0.717) is 21.5 Å². The van der Waals surface area contributed by atoms with Crippen LogP contribution in [0, 0.1) is 6.92 Å². The summed E-state index contributed by atoms with van der Waals surface area (Å²) in [5.41, 5.74) is 2.78. The van der Waals surface area contributed by atoms with Crippen molar-refractivity contribution in [3.05, 3.63) is 64.4 Å². The van der Waals surface area contributed by atoms with Crippen molar-refractivity contribution in [2.24, 2.45) is 0 Å². The van der Waals surface area contributed by atoms with Crippen LogP contribution in [0.4, 0.5) is 16.5 Å². The fourth-order valence-electron chi connectivity index (χ4n) is 1.91. The molecule has 0 atom stereocenters. The average Bonchev–Trinajstić information content (AvgIpc) is 3.00. The number of amides is 1. The summed E-state index contributed by atoms with van der Waals surface area (Å²) in [5, 5.41) is 8.84. The Bertz CT molecular complexity index is 835. The molecule has 0 aliphatic carbocycles. The van der Waals surface area contributed by atoms with Gasteiger partial charge < -0.3 is 10.6 Å². The molecule has 0 saturated heterocycles. The third-order valence-corrected chi connectivity index (χ3v) is 4.09. The average molecular weight is 345 g/mol. The van der Waals surface area contributed by atoms with Gasteiger partial charge >= 0.3 is 0 Å². The Labute approximate surface area is 142 Å². The van der Waals surface area contributed by atoms with Crippen molar-refractivity contribution in [1.29, 1.82) is 0 Å². The number of nitrogens with one attached hydrogen (secondary N) is 2. The predicted molar refractivity (Wildman–Crippen MR) is 93.8 cm³/mol. The fraction of sp³-hybridized carbons (Fsp3) is 0.0625. The number of anilines is 3. The summed E-state index contributed by atoms with van der Waals surface area (Å²) in [6.07, 6.45) is 3.38. The molecule has 116 valence electrons. The van der Waals surface area contributed by atoms with Gasteiger partial charge in [-0.2, -0.15) is 0 Å². The van der Waals surface area contributed by atoms with Crippen LogP contribution in [0.25, 0.3) is 0 Å². The number of benzene rings is 1. The van der Waals surface area contributed by atoms with Gasteiger partial charge in [-0.25, -0.2) is 4.98 Å². The lowest BCUT2D eigenvalue weighted by molar-refractivity contribution is 0.102.